The second-order valence-corrected chi connectivity index (χ2v) is 6.01. The van der Waals surface area contributed by atoms with Crippen LogP contribution >= 0.6 is 11.6 Å². The predicted octanol–water partition coefficient (Wildman–Crippen LogP) is 3.81. The van der Waals surface area contributed by atoms with Crippen LogP contribution in [-0.2, 0) is 16.1 Å². The molecule has 0 saturated carbocycles. The Balaban J connectivity index is 1.81. The molecule has 3 N–H and O–H groups in total. The van der Waals surface area contributed by atoms with Crippen molar-refractivity contribution in [2.45, 2.75) is 26.3 Å². The van der Waals surface area contributed by atoms with Gasteiger partial charge in [0.15, 0.2) is 0 Å². The number of nitrogens with one attached hydrogen (secondary N) is 3. The maximum Gasteiger partial charge on any atom is 0.239 e. The van der Waals surface area contributed by atoms with Crippen molar-refractivity contribution in [2.24, 2.45) is 0 Å². The van der Waals surface area contributed by atoms with E-state index in [-0.39, 0.29) is 18.4 Å². The van der Waals surface area contributed by atoms with Crippen LogP contribution < -0.4 is 16.0 Å². The molecule has 0 atom stereocenters. The molecule has 0 saturated heterocycles. The lowest BCUT2D eigenvalue weighted by atomic mass is 10.2. The fourth-order valence-corrected chi connectivity index (χ4v) is 2.44. The summed E-state index contributed by atoms with van der Waals surface area (Å²) in [4.78, 5) is 23.6. The van der Waals surface area contributed by atoms with Gasteiger partial charge in [-0.05, 0) is 36.2 Å². The maximum absolute atomic E-state index is 12.0. The molecule has 5 nitrogen and oxygen atoms in total. The van der Waals surface area contributed by atoms with Crippen LogP contribution in [0.3, 0.4) is 0 Å². The lowest BCUT2D eigenvalue weighted by Gasteiger charge is -2.10. The molecule has 0 radical (unpaired) electrons. The molecule has 2 aromatic rings. The van der Waals surface area contributed by atoms with Crippen LogP contribution in [0.5, 0.6) is 0 Å². The molecule has 6 heteroatoms. The third kappa shape index (κ3) is 6.47. The smallest absolute Gasteiger partial charge is 0.239 e. The first-order valence-corrected chi connectivity index (χ1v) is 8.60. The van der Waals surface area contributed by atoms with Crippen LogP contribution in [-0.4, -0.2) is 18.4 Å². The number of halogens is 1. The van der Waals surface area contributed by atoms with Gasteiger partial charge in [0.1, 0.15) is 0 Å². The first kappa shape index (κ1) is 18.8. The third-order valence-electron chi connectivity index (χ3n) is 3.51. The molecule has 0 fully saturated rings. The summed E-state index contributed by atoms with van der Waals surface area (Å²) in [7, 11) is 0. The zero-order chi connectivity index (χ0) is 18.1. The van der Waals surface area contributed by atoms with Crippen molar-refractivity contribution in [3.05, 3.63) is 59.1 Å². The average Bonchev–Trinajstić information content (AvgIpc) is 2.60. The summed E-state index contributed by atoms with van der Waals surface area (Å²) >= 11 is 6.06. The number of rotatable bonds is 8. The van der Waals surface area contributed by atoms with E-state index < -0.39 is 0 Å². The van der Waals surface area contributed by atoms with Gasteiger partial charge in [-0.1, -0.05) is 42.8 Å². The SMILES string of the molecule is CCCC(=O)Nc1cccc(NCC(=O)NCc2ccccc2Cl)c1. The summed E-state index contributed by atoms with van der Waals surface area (Å²) in [5, 5.41) is 9.32. The van der Waals surface area contributed by atoms with Crippen LogP contribution in [0.25, 0.3) is 0 Å². The molecule has 2 amide bonds. The fourth-order valence-electron chi connectivity index (χ4n) is 2.24. The van der Waals surface area contributed by atoms with E-state index in [0.717, 1.165) is 17.7 Å². The van der Waals surface area contributed by atoms with Crippen LogP contribution in [0.4, 0.5) is 11.4 Å². The molecule has 0 aliphatic heterocycles. The van der Waals surface area contributed by atoms with E-state index in [4.69, 9.17) is 11.6 Å². The van der Waals surface area contributed by atoms with E-state index in [1.165, 1.54) is 0 Å². The van der Waals surface area contributed by atoms with Crippen LogP contribution in [0.1, 0.15) is 25.3 Å². The topological polar surface area (TPSA) is 70.2 Å². The highest BCUT2D eigenvalue weighted by atomic mass is 35.5. The number of carbonyl (C=O) groups is 2. The molecule has 0 unspecified atom stereocenters. The molecular formula is C19H22ClN3O2. The minimum absolute atomic E-state index is 0.0165. The lowest BCUT2D eigenvalue weighted by molar-refractivity contribution is -0.119. The van der Waals surface area contributed by atoms with Gasteiger partial charge in [-0.2, -0.15) is 0 Å². The number of carbonyl (C=O) groups excluding carboxylic acids is 2. The Morgan fingerprint density at radius 1 is 1.00 bits per heavy atom. The average molecular weight is 360 g/mol. The molecule has 25 heavy (non-hydrogen) atoms. The van der Waals surface area contributed by atoms with Crippen LogP contribution in [0.15, 0.2) is 48.5 Å². The Kier molecular flexibility index (Phi) is 7.29. The van der Waals surface area contributed by atoms with Crippen molar-refractivity contribution in [1.82, 2.24) is 5.32 Å². The van der Waals surface area contributed by atoms with Gasteiger partial charge in [-0.3, -0.25) is 9.59 Å². The van der Waals surface area contributed by atoms with Crippen molar-refractivity contribution in [3.63, 3.8) is 0 Å². The van der Waals surface area contributed by atoms with Gasteiger partial charge in [0, 0.05) is 29.4 Å². The Bertz CT molecular complexity index is 734. The van der Waals surface area contributed by atoms with Gasteiger partial charge in [0.05, 0.1) is 6.54 Å². The number of anilines is 2. The summed E-state index contributed by atoms with van der Waals surface area (Å²) < 4.78 is 0. The second-order valence-electron chi connectivity index (χ2n) is 5.60. The molecule has 0 aromatic heterocycles. The first-order valence-electron chi connectivity index (χ1n) is 8.22. The minimum Gasteiger partial charge on any atom is -0.376 e. The van der Waals surface area contributed by atoms with E-state index in [2.05, 4.69) is 16.0 Å². The minimum atomic E-state index is -0.139. The molecule has 0 bridgehead atoms. The van der Waals surface area contributed by atoms with E-state index >= 15 is 0 Å². The van der Waals surface area contributed by atoms with Gasteiger partial charge in [0.25, 0.3) is 0 Å². The van der Waals surface area contributed by atoms with Crippen molar-refractivity contribution in [3.8, 4) is 0 Å². The van der Waals surface area contributed by atoms with Gasteiger partial charge in [-0.15, -0.1) is 0 Å². The summed E-state index contributed by atoms with van der Waals surface area (Å²) in [6.45, 7) is 2.48. The zero-order valence-corrected chi connectivity index (χ0v) is 14.9. The van der Waals surface area contributed by atoms with Crippen molar-refractivity contribution in [1.29, 1.82) is 0 Å². The molecule has 0 aliphatic carbocycles. The number of amides is 2. The molecular weight excluding hydrogens is 338 g/mol. The standard InChI is InChI=1S/C19H22ClN3O2/c1-2-6-18(24)23-16-9-5-8-15(11-16)21-13-19(25)22-12-14-7-3-4-10-17(14)20/h3-5,7-11,21H,2,6,12-13H2,1H3,(H,22,25)(H,23,24). The van der Waals surface area contributed by atoms with E-state index in [9.17, 15) is 9.59 Å². The second kappa shape index (κ2) is 9.69. The highest BCUT2D eigenvalue weighted by Crippen LogP contribution is 2.16. The Labute approximate surface area is 152 Å². The molecule has 2 rings (SSSR count). The quantitative estimate of drug-likeness (QED) is 0.671. The fraction of sp³-hybridized carbons (Fsp3) is 0.263. The number of hydrogen-bond acceptors (Lipinski definition) is 3. The van der Waals surface area contributed by atoms with Crippen molar-refractivity contribution < 1.29 is 9.59 Å². The normalized spacial score (nSPS) is 10.2. The zero-order valence-electron chi connectivity index (χ0n) is 14.1. The third-order valence-corrected chi connectivity index (χ3v) is 3.88. The van der Waals surface area contributed by atoms with Gasteiger partial charge < -0.3 is 16.0 Å². The van der Waals surface area contributed by atoms with Gasteiger partial charge in [0.2, 0.25) is 11.8 Å². The molecule has 132 valence electrons. The molecule has 2 aromatic carbocycles. The van der Waals surface area contributed by atoms with E-state index in [1.54, 1.807) is 12.1 Å². The Morgan fingerprint density at radius 2 is 1.76 bits per heavy atom. The molecule has 0 aliphatic rings. The van der Waals surface area contributed by atoms with Gasteiger partial charge in [-0.25, -0.2) is 0 Å². The maximum atomic E-state index is 12.0. The highest BCUT2D eigenvalue weighted by molar-refractivity contribution is 6.31. The summed E-state index contributed by atoms with van der Waals surface area (Å²) in [6.07, 6.45) is 1.29. The monoisotopic (exact) mass is 359 g/mol. The Morgan fingerprint density at radius 3 is 2.52 bits per heavy atom. The summed E-state index contributed by atoms with van der Waals surface area (Å²) in [5.41, 5.74) is 2.35. The number of benzene rings is 2. The van der Waals surface area contributed by atoms with Crippen LogP contribution in [0, 0.1) is 0 Å². The molecule has 0 heterocycles. The summed E-state index contributed by atoms with van der Waals surface area (Å²) in [6, 6.07) is 14.7. The summed E-state index contributed by atoms with van der Waals surface area (Å²) in [5.74, 6) is -0.155. The Hall–Kier alpha value is -2.53. The van der Waals surface area contributed by atoms with Gasteiger partial charge >= 0.3 is 0 Å². The van der Waals surface area contributed by atoms with Crippen LogP contribution in [0.2, 0.25) is 5.02 Å². The predicted molar refractivity (Wildman–Crippen MR) is 102 cm³/mol. The largest absolute Gasteiger partial charge is 0.376 e. The molecule has 0 spiro atoms. The lowest BCUT2D eigenvalue weighted by Crippen LogP contribution is -2.29. The van der Waals surface area contributed by atoms with E-state index in [0.29, 0.717) is 23.7 Å². The highest BCUT2D eigenvalue weighted by Gasteiger charge is 2.05. The van der Waals surface area contributed by atoms with E-state index in [1.807, 2.05) is 43.3 Å². The van der Waals surface area contributed by atoms with Crippen molar-refractivity contribution in [2.75, 3.05) is 17.2 Å². The first-order chi connectivity index (χ1) is 12.1. The van der Waals surface area contributed by atoms with Crippen molar-refractivity contribution >= 4 is 34.8 Å². The number of hydrogen-bond donors (Lipinski definition) is 3.